The van der Waals surface area contributed by atoms with Gasteiger partial charge in [-0.25, -0.2) is 0 Å². The molecule has 98 valence electrons. The molecule has 0 bridgehead atoms. The molecule has 0 saturated heterocycles. The third kappa shape index (κ3) is 3.44. The van der Waals surface area contributed by atoms with Gasteiger partial charge in [0.15, 0.2) is 0 Å². The van der Waals surface area contributed by atoms with Crippen molar-refractivity contribution in [3.63, 3.8) is 0 Å². The number of hydrogen-bond donors (Lipinski definition) is 0. The Kier molecular flexibility index (Phi) is 4.35. The molecule has 0 aliphatic rings. The maximum Gasteiger partial charge on any atom is 0.253 e. The summed E-state index contributed by atoms with van der Waals surface area (Å²) in [5.74, 6) is 0.0732. The summed E-state index contributed by atoms with van der Waals surface area (Å²) in [6.07, 6.45) is 0.871. The third-order valence-corrected chi connectivity index (χ3v) is 3.38. The van der Waals surface area contributed by atoms with Gasteiger partial charge in [0, 0.05) is 18.7 Å². The first-order chi connectivity index (χ1) is 9.18. The molecule has 2 rings (SSSR count). The minimum atomic E-state index is 0.0732. The van der Waals surface area contributed by atoms with E-state index in [4.69, 9.17) is 0 Å². The van der Waals surface area contributed by atoms with E-state index < -0.39 is 0 Å². The van der Waals surface area contributed by atoms with Crippen LogP contribution in [0.5, 0.6) is 0 Å². The van der Waals surface area contributed by atoms with Crippen LogP contribution in [-0.2, 0) is 6.42 Å². The van der Waals surface area contributed by atoms with Crippen molar-refractivity contribution in [2.75, 3.05) is 7.05 Å². The SMILES string of the molecule is CC(Cc1ccccc1)N(C)C(=O)c1ccccc1. The summed E-state index contributed by atoms with van der Waals surface area (Å²) >= 11 is 0. The van der Waals surface area contributed by atoms with Crippen molar-refractivity contribution < 1.29 is 4.79 Å². The molecule has 1 atom stereocenters. The van der Waals surface area contributed by atoms with Gasteiger partial charge in [-0.05, 0) is 31.0 Å². The first-order valence-electron chi connectivity index (χ1n) is 6.54. The van der Waals surface area contributed by atoms with E-state index in [2.05, 4.69) is 19.1 Å². The molecule has 0 spiro atoms. The van der Waals surface area contributed by atoms with E-state index in [1.54, 1.807) is 0 Å². The van der Waals surface area contributed by atoms with Gasteiger partial charge in [0.25, 0.3) is 5.91 Å². The predicted molar refractivity (Wildman–Crippen MR) is 78.1 cm³/mol. The number of benzene rings is 2. The monoisotopic (exact) mass is 253 g/mol. The first-order valence-corrected chi connectivity index (χ1v) is 6.54. The molecule has 0 heterocycles. The molecule has 0 N–H and O–H groups in total. The Labute approximate surface area is 114 Å². The standard InChI is InChI=1S/C17H19NO/c1-14(13-15-9-5-3-6-10-15)18(2)17(19)16-11-7-4-8-12-16/h3-12,14H,13H2,1-2H3. The van der Waals surface area contributed by atoms with E-state index in [-0.39, 0.29) is 11.9 Å². The summed E-state index contributed by atoms with van der Waals surface area (Å²) in [5.41, 5.74) is 1.99. The lowest BCUT2D eigenvalue weighted by atomic mass is 10.1. The molecule has 0 aliphatic carbocycles. The van der Waals surface area contributed by atoms with Crippen LogP contribution in [-0.4, -0.2) is 23.9 Å². The molecule has 2 nitrogen and oxygen atoms in total. The van der Waals surface area contributed by atoms with Crippen LogP contribution in [0.3, 0.4) is 0 Å². The maximum absolute atomic E-state index is 12.3. The Morgan fingerprint density at radius 2 is 1.53 bits per heavy atom. The summed E-state index contributed by atoms with van der Waals surface area (Å²) in [6, 6.07) is 19.8. The molecule has 1 unspecified atom stereocenters. The van der Waals surface area contributed by atoms with E-state index in [1.165, 1.54) is 5.56 Å². The quantitative estimate of drug-likeness (QED) is 0.818. The topological polar surface area (TPSA) is 20.3 Å². The summed E-state index contributed by atoms with van der Waals surface area (Å²) < 4.78 is 0. The van der Waals surface area contributed by atoms with Gasteiger partial charge in [-0.3, -0.25) is 4.79 Å². The van der Waals surface area contributed by atoms with Gasteiger partial charge in [-0.1, -0.05) is 48.5 Å². The number of hydrogen-bond acceptors (Lipinski definition) is 1. The number of rotatable bonds is 4. The Morgan fingerprint density at radius 1 is 1.00 bits per heavy atom. The molecular formula is C17H19NO. The van der Waals surface area contributed by atoms with Gasteiger partial charge in [-0.15, -0.1) is 0 Å². The van der Waals surface area contributed by atoms with Crippen LogP contribution in [0.4, 0.5) is 0 Å². The fourth-order valence-electron chi connectivity index (χ4n) is 2.08. The normalized spacial score (nSPS) is 11.9. The fraction of sp³-hybridized carbons (Fsp3) is 0.235. The number of carbonyl (C=O) groups is 1. The fourth-order valence-corrected chi connectivity index (χ4v) is 2.08. The van der Waals surface area contributed by atoms with Crippen LogP contribution in [0.25, 0.3) is 0 Å². The zero-order valence-corrected chi connectivity index (χ0v) is 11.4. The third-order valence-electron chi connectivity index (χ3n) is 3.38. The van der Waals surface area contributed by atoms with Crippen molar-refractivity contribution in [3.05, 3.63) is 71.8 Å². The highest BCUT2D eigenvalue weighted by Gasteiger charge is 2.17. The zero-order chi connectivity index (χ0) is 13.7. The van der Waals surface area contributed by atoms with Gasteiger partial charge in [0.05, 0.1) is 0 Å². The highest BCUT2D eigenvalue weighted by molar-refractivity contribution is 5.94. The van der Waals surface area contributed by atoms with Crippen LogP contribution < -0.4 is 0 Å². The number of nitrogens with zero attached hydrogens (tertiary/aromatic N) is 1. The lowest BCUT2D eigenvalue weighted by molar-refractivity contribution is 0.0743. The van der Waals surface area contributed by atoms with Crippen LogP contribution in [0.15, 0.2) is 60.7 Å². The van der Waals surface area contributed by atoms with E-state index in [9.17, 15) is 4.79 Å². The highest BCUT2D eigenvalue weighted by atomic mass is 16.2. The number of amides is 1. The van der Waals surface area contributed by atoms with Crippen molar-refractivity contribution in [1.82, 2.24) is 4.90 Å². The van der Waals surface area contributed by atoms with Gasteiger partial charge >= 0.3 is 0 Å². The Bertz CT molecular complexity index is 521. The van der Waals surface area contributed by atoms with Gasteiger partial charge in [0.1, 0.15) is 0 Å². The van der Waals surface area contributed by atoms with E-state index in [1.807, 2.05) is 60.5 Å². The van der Waals surface area contributed by atoms with Crippen LogP contribution in [0.2, 0.25) is 0 Å². The molecule has 2 aromatic carbocycles. The minimum absolute atomic E-state index is 0.0732. The second-order valence-corrected chi connectivity index (χ2v) is 4.82. The molecule has 1 amide bonds. The van der Waals surface area contributed by atoms with E-state index >= 15 is 0 Å². The summed E-state index contributed by atoms with van der Waals surface area (Å²) in [5, 5.41) is 0. The van der Waals surface area contributed by atoms with Crippen molar-refractivity contribution in [2.45, 2.75) is 19.4 Å². The van der Waals surface area contributed by atoms with Crippen LogP contribution >= 0.6 is 0 Å². The molecule has 0 aromatic heterocycles. The Morgan fingerprint density at radius 3 is 2.11 bits per heavy atom. The molecule has 2 aromatic rings. The second kappa shape index (κ2) is 6.19. The lowest BCUT2D eigenvalue weighted by Gasteiger charge is -2.25. The molecule has 2 heteroatoms. The van der Waals surface area contributed by atoms with Crippen molar-refractivity contribution in [2.24, 2.45) is 0 Å². The second-order valence-electron chi connectivity index (χ2n) is 4.82. The number of carbonyl (C=O) groups excluding carboxylic acids is 1. The largest absolute Gasteiger partial charge is 0.339 e. The molecule has 0 saturated carbocycles. The molecule has 19 heavy (non-hydrogen) atoms. The Balaban J connectivity index is 2.03. The smallest absolute Gasteiger partial charge is 0.253 e. The van der Waals surface area contributed by atoms with Gasteiger partial charge in [0.2, 0.25) is 0 Å². The van der Waals surface area contributed by atoms with Crippen molar-refractivity contribution >= 4 is 5.91 Å². The minimum Gasteiger partial charge on any atom is -0.339 e. The van der Waals surface area contributed by atoms with Crippen molar-refractivity contribution in [1.29, 1.82) is 0 Å². The summed E-state index contributed by atoms with van der Waals surface area (Å²) in [4.78, 5) is 14.1. The summed E-state index contributed by atoms with van der Waals surface area (Å²) in [6.45, 7) is 2.08. The van der Waals surface area contributed by atoms with E-state index in [0.717, 1.165) is 12.0 Å². The van der Waals surface area contributed by atoms with E-state index in [0.29, 0.717) is 0 Å². The average Bonchev–Trinajstić information content (AvgIpc) is 2.47. The van der Waals surface area contributed by atoms with Gasteiger partial charge in [-0.2, -0.15) is 0 Å². The first kappa shape index (κ1) is 13.3. The molecule has 0 fully saturated rings. The van der Waals surface area contributed by atoms with Crippen LogP contribution in [0, 0.1) is 0 Å². The molecule has 0 aliphatic heterocycles. The zero-order valence-electron chi connectivity index (χ0n) is 11.4. The molecular weight excluding hydrogens is 234 g/mol. The van der Waals surface area contributed by atoms with Crippen molar-refractivity contribution in [3.8, 4) is 0 Å². The maximum atomic E-state index is 12.3. The van der Waals surface area contributed by atoms with Gasteiger partial charge < -0.3 is 4.90 Å². The summed E-state index contributed by atoms with van der Waals surface area (Å²) in [7, 11) is 1.86. The highest BCUT2D eigenvalue weighted by Crippen LogP contribution is 2.11. The number of likely N-dealkylation sites (N-methyl/N-ethyl adjacent to an activating group) is 1. The molecule has 0 radical (unpaired) electrons. The average molecular weight is 253 g/mol. The Hall–Kier alpha value is -2.09. The lowest BCUT2D eigenvalue weighted by Crippen LogP contribution is -2.36. The predicted octanol–water partition coefficient (Wildman–Crippen LogP) is 3.39. The van der Waals surface area contributed by atoms with Crippen LogP contribution in [0.1, 0.15) is 22.8 Å².